The summed E-state index contributed by atoms with van der Waals surface area (Å²) in [5, 5.41) is 4.27. The minimum Gasteiger partial charge on any atom is -0.381 e. The lowest BCUT2D eigenvalue weighted by Gasteiger charge is -2.23. The number of anilines is 1. The number of benzene rings is 1. The van der Waals surface area contributed by atoms with Gasteiger partial charge in [-0.15, -0.1) is 0 Å². The van der Waals surface area contributed by atoms with Gasteiger partial charge in [0.05, 0.1) is 5.69 Å². The third-order valence-electron chi connectivity index (χ3n) is 4.87. The summed E-state index contributed by atoms with van der Waals surface area (Å²) < 4.78 is 6.66. The average molecular weight is 414 g/mol. The molecule has 0 bridgehead atoms. The second-order valence-corrected chi connectivity index (χ2v) is 7.30. The van der Waals surface area contributed by atoms with Gasteiger partial charge >= 0.3 is 0 Å². The SMILES string of the molecule is NC(=O)Cn1c(-c2ccccc2Cl)cc2cnc(NC3CCOCC3)nc2c1=O. The fraction of sp³-hybridized carbons (Fsp3) is 0.300. The summed E-state index contributed by atoms with van der Waals surface area (Å²) in [6.07, 6.45) is 3.29. The Kier molecular flexibility index (Phi) is 5.46. The summed E-state index contributed by atoms with van der Waals surface area (Å²) >= 11 is 6.32. The van der Waals surface area contributed by atoms with Crippen molar-refractivity contribution in [2.45, 2.75) is 25.4 Å². The van der Waals surface area contributed by atoms with Crippen molar-refractivity contribution >= 4 is 34.4 Å². The molecule has 1 fully saturated rings. The number of amides is 1. The first kappa shape index (κ1) is 19.4. The molecule has 0 atom stereocenters. The predicted molar refractivity (Wildman–Crippen MR) is 111 cm³/mol. The number of hydrogen-bond donors (Lipinski definition) is 2. The zero-order chi connectivity index (χ0) is 20.4. The lowest BCUT2D eigenvalue weighted by molar-refractivity contribution is -0.118. The molecular formula is C20H20ClN5O3. The standard InChI is InChI=1S/C20H20ClN5O3/c21-15-4-2-1-3-14(15)16-9-12-10-23-20(24-13-5-7-29-8-6-13)25-18(12)19(28)26(16)11-17(22)27/h1-4,9-10,13H,5-8,11H2,(H2,22,27)(H,23,24,25). The van der Waals surface area contributed by atoms with E-state index in [9.17, 15) is 9.59 Å². The lowest BCUT2D eigenvalue weighted by atomic mass is 10.1. The molecule has 29 heavy (non-hydrogen) atoms. The second-order valence-electron chi connectivity index (χ2n) is 6.90. The van der Waals surface area contributed by atoms with E-state index in [0.717, 1.165) is 12.8 Å². The number of nitrogens with zero attached hydrogens (tertiary/aromatic N) is 3. The Morgan fingerprint density at radius 2 is 2.07 bits per heavy atom. The molecule has 2 aromatic heterocycles. The monoisotopic (exact) mass is 413 g/mol. The van der Waals surface area contributed by atoms with Crippen molar-refractivity contribution in [1.29, 1.82) is 0 Å². The number of nitrogens with one attached hydrogen (secondary N) is 1. The molecule has 1 aliphatic heterocycles. The van der Waals surface area contributed by atoms with Crippen LogP contribution in [0.4, 0.5) is 5.95 Å². The number of pyridine rings is 1. The van der Waals surface area contributed by atoms with Crippen LogP contribution in [0.5, 0.6) is 0 Å². The first-order valence-electron chi connectivity index (χ1n) is 9.31. The first-order valence-corrected chi connectivity index (χ1v) is 9.69. The Morgan fingerprint density at radius 1 is 1.31 bits per heavy atom. The fourth-order valence-corrected chi connectivity index (χ4v) is 3.66. The lowest BCUT2D eigenvalue weighted by Crippen LogP contribution is -2.31. The Labute approximate surface area is 171 Å². The van der Waals surface area contributed by atoms with E-state index in [1.165, 1.54) is 4.57 Å². The van der Waals surface area contributed by atoms with Crippen LogP contribution in [0.15, 0.2) is 41.3 Å². The van der Waals surface area contributed by atoms with Crippen molar-refractivity contribution in [1.82, 2.24) is 14.5 Å². The smallest absolute Gasteiger partial charge is 0.278 e. The summed E-state index contributed by atoms with van der Waals surface area (Å²) in [6.45, 7) is 1.08. The third-order valence-corrected chi connectivity index (χ3v) is 5.20. The molecule has 150 valence electrons. The number of carbonyl (C=O) groups is 1. The maximum Gasteiger partial charge on any atom is 0.278 e. The normalized spacial score (nSPS) is 14.8. The zero-order valence-corrected chi connectivity index (χ0v) is 16.4. The third kappa shape index (κ3) is 4.08. The maximum absolute atomic E-state index is 13.2. The molecule has 0 radical (unpaired) electrons. The van der Waals surface area contributed by atoms with Gasteiger partial charge in [0.25, 0.3) is 5.56 Å². The molecule has 1 aromatic carbocycles. The van der Waals surface area contributed by atoms with Gasteiger partial charge in [-0.3, -0.25) is 14.2 Å². The minimum atomic E-state index is -0.630. The van der Waals surface area contributed by atoms with Crippen LogP contribution in [0, 0.1) is 0 Å². The number of aromatic nitrogens is 3. The highest BCUT2D eigenvalue weighted by molar-refractivity contribution is 6.33. The second kappa shape index (κ2) is 8.18. The Balaban J connectivity index is 1.83. The molecule has 8 nitrogen and oxygen atoms in total. The first-order chi connectivity index (χ1) is 14.0. The van der Waals surface area contributed by atoms with Crippen molar-refractivity contribution in [3.8, 4) is 11.3 Å². The predicted octanol–water partition coefficient (Wildman–Crippen LogP) is 2.19. The van der Waals surface area contributed by atoms with Gasteiger partial charge < -0.3 is 15.8 Å². The van der Waals surface area contributed by atoms with Crippen LogP contribution in [0.3, 0.4) is 0 Å². The fourth-order valence-electron chi connectivity index (χ4n) is 3.43. The van der Waals surface area contributed by atoms with Gasteiger partial charge in [0.1, 0.15) is 12.1 Å². The summed E-state index contributed by atoms with van der Waals surface area (Å²) in [5.41, 5.74) is 6.29. The molecule has 3 heterocycles. The van der Waals surface area contributed by atoms with Crippen LogP contribution in [0.2, 0.25) is 5.02 Å². The van der Waals surface area contributed by atoms with Crippen LogP contribution in [0.1, 0.15) is 12.8 Å². The van der Waals surface area contributed by atoms with Crippen molar-refractivity contribution < 1.29 is 9.53 Å². The summed E-state index contributed by atoms with van der Waals surface area (Å²) in [5.74, 6) is -0.257. The number of carbonyl (C=O) groups excluding carboxylic acids is 1. The van der Waals surface area contributed by atoms with Crippen molar-refractivity contribution in [3.05, 3.63) is 51.9 Å². The number of halogens is 1. The van der Waals surface area contributed by atoms with E-state index in [1.54, 1.807) is 30.5 Å². The van der Waals surface area contributed by atoms with Gasteiger partial charge in [-0.25, -0.2) is 9.97 Å². The van der Waals surface area contributed by atoms with Gasteiger partial charge in [-0.05, 0) is 25.0 Å². The molecule has 3 aromatic rings. The van der Waals surface area contributed by atoms with E-state index in [-0.39, 0.29) is 18.1 Å². The van der Waals surface area contributed by atoms with Crippen LogP contribution in [0.25, 0.3) is 22.2 Å². The number of rotatable bonds is 5. The van der Waals surface area contributed by atoms with Gasteiger partial charge in [0.15, 0.2) is 0 Å². The Bertz CT molecular complexity index is 1120. The largest absolute Gasteiger partial charge is 0.381 e. The van der Waals surface area contributed by atoms with E-state index < -0.39 is 11.5 Å². The number of hydrogen-bond acceptors (Lipinski definition) is 6. The van der Waals surface area contributed by atoms with E-state index in [4.69, 9.17) is 22.1 Å². The quantitative estimate of drug-likeness (QED) is 0.663. The van der Waals surface area contributed by atoms with E-state index in [2.05, 4.69) is 15.3 Å². The molecule has 9 heteroatoms. The Hall–Kier alpha value is -2.97. The molecule has 0 aliphatic carbocycles. The maximum atomic E-state index is 13.2. The number of fused-ring (bicyclic) bond motifs is 1. The topological polar surface area (TPSA) is 112 Å². The minimum absolute atomic E-state index is 0.191. The highest BCUT2D eigenvalue weighted by atomic mass is 35.5. The molecule has 4 rings (SSSR count). The van der Waals surface area contributed by atoms with Gasteiger partial charge in [-0.2, -0.15) is 0 Å². The molecule has 0 saturated carbocycles. The highest BCUT2D eigenvalue weighted by Crippen LogP contribution is 2.28. The van der Waals surface area contributed by atoms with Crippen LogP contribution in [-0.4, -0.2) is 39.7 Å². The Morgan fingerprint density at radius 3 is 2.79 bits per heavy atom. The van der Waals surface area contributed by atoms with Crippen LogP contribution < -0.4 is 16.6 Å². The number of nitrogens with two attached hydrogens (primary N) is 1. The van der Waals surface area contributed by atoms with E-state index >= 15 is 0 Å². The van der Waals surface area contributed by atoms with E-state index in [0.29, 0.717) is 40.8 Å². The van der Waals surface area contributed by atoms with E-state index in [1.807, 2.05) is 6.07 Å². The van der Waals surface area contributed by atoms with Crippen LogP contribution in [-0.2, 0) is 16.1 Å². The number of ether oxygens (including phenoxy) is 1. The summed E-state index contributed by atoms with van der Waals surface area (Å²) in [7, 11) is 0. The molecule has 0 unspecified atom stereocenters. The summed E-state index contributed by atoms with van der Waals surface area (Å²) in [6, 6.07) is 9.04. The number of primary amides is 1. The molecule has 0 spiro atoms. The van der Waals surface area contributed by atoms with Gasteiger partial charge in [-0.1, -0.05) is 29.8 Å². The molecular weight excluding hydrogens is 394 g/mol. The van der Waals surface area contributed by atoms with Gasteiger partial charge in [0, 0.05) is 41.4 Å². The van der Waals surface area contributed by atoms with Crippen molar-refractivity contribution in [3.63, 3.8) is 0 Å². The molecule has 1 saturated heterocycles. The van der Waals surface area contributed by atoms with Gasteiger partial charge in [0.2, 0.25) is 11.9 Å². The summed E-state index contributed by atoms with van der Waals surface area (Å²) in [4.78, 5) is 33.6. The molecule has 1 amide bonds. The molecule has 3 N–H and O–H groups in total. The average Bonchev–Trinajstić information content (AvgIpc) is 2.71. The van der Waals surface area contributed by atoms with Crippen LogP contribution >= 0.6 is 11.6 Å². The molecule has 1 aliphatic rings. The van der Waals surface area contributed by atoms with Crippen molar-refractivity contribution in [2.75, 3.05) is 18.5 Å². The zero-order valence-electron chi connectivity index (χ0n) is 15.6. The van der Waals surface area contributed by atoms with Crippen molar-refractivity contribution in [2.24, 2.45) is 5.73 Å². The highest BCUT2D eigenvalue weighted by Gasteiger charge is 2.18.